The predicted molar refractivity (Wildman–Crippen MR) is 80.2 cm³/mol. The minimum Gasteiger partial charge on any atom is -0.347 e. The Morgan fingerprint density at radius 3 is 2.63 bits per heavy atom. The summed E-state index contributed by atoms with van der Waals surface area (Å²) >= 11 is 5.40. The van der Waals surface area contributed by atoms with Crippen molar-refractivity contribution < 1.29 is 0 Å². The van der Waals surface area contributed by atoms with Gasteiger partial charge in [-0.2, -0.15) is 0 Å². The first-order chi connectivity index (χ1) is 9.11. The van der Waals surface area contributed by atoms with E-state index < -0.39 is 0 Å². The summed E-state index contributed by atoms with van der Waals surface area (Å²) in [6, 6.07) is 6.64. The lowest BCUT2D eigenvalue weighted by Crippen LogP contribution is -2.02. The van der Waals surface area contributed by atoms with Crippen LogP contribution in [-0.4, -0.2) is 9.97 Å². The van der Waals surface area contributed by atoms with Gasteiger partial charge in [0.1, 0.15) is 10.5 Å². The lowest BCUT2D eigenvalue weighted by Gasteiger charge is -2.07. The highest BCUT2D eigenvalue weighted by molar-refractivity contribution is 7.71. The van der Waals surface area contributed by atoms with Gasteiger partial charge in [-0.05, 0) is 38.7 Å². The normalized spacial score (nSPS) is 13.6. The van der Waals surface area contributed by atoms with Gasteiger partial charge in [-0.3, -0.25) is 0 Å². The molecular formula is C16H18N2S. The van der Waals surface area contributed by atoms with Gasteiger partial charge in [0.15, 0.2) is 0 Å². The average molecular weight is 270 g/mol. The summed E-state index contributed by atoms with van der Waals surface area (Å²) in [6.45, 7) is 4.27. The first kappa shape index (κ1) is 12.5. The molecule has 19 heavy (non-hydrogen) atoms. The van der Waals surface area contributed by atoms with E-state index in [2.05, 4.69) is 42.0 Å². The molecule has 0 fully saturated rings. The zero-order valence-electron chi connectivity index (χ0n) is 11.4. The molecule has 1 aromatic carbocycles. The molecular weight excluding hydrogens is 252 g/mol. The highest BCUT2D eigenvalue weighted by Gasteiger charge is 2.14. The van der Waals surface area contributed by atoms with E-state index in [0.29, 0.717) is 0 Å². The van der Waals surface area contributed by atoms with Crippen molar-refractivity contribution in [3.63, 3.8) is 0 Å². The molecule has 0 unspecified atom stereocenters. The molecule has 1 heterocycles. The Balaban J connectivity index is 1.95. The number of aryl methyl sites for hydroxylation is 3. The SMILES string of the molecule is Cc1cc(C)cc(Cc2nc(=S)c3c([nH]2)CCC3)c1. The van der Waals surface area contributed by atoms with Crippen molar-refractivity contribution in [3.8, 4) is 0 Å². The Bertz CT molecular complexity index is 665. The Morgan fingerprint density at radius 2 is 1.89 bits per heavy atom. The number of hydrogen-bond donors (Lipinski definition) is 1. The fourth-order valence-electron chi connectivity index (χ4n) is 2.96. The maximum Gasteiger partial charge on any atom is 0.133 e. The van der Waals surface area contributed by atoms with Crippen LogP contribution in [0.15, 0.2) is 18.2 Å². The minimum absolute atomic E-state index is 0.797. The van der Waals surface area contributed by atoms with Crippen molar-refractivity contribution in [2.45, 2.75) is 39.5 Å². The van der Waals surface area contributed by atoms with Gasteiger partial charge in [-0.25, -0.2) is 4.98 Å². The second-order valence-corrected chi connectivity index (χ2v) is 5.86. The summed E-state index contributed by atoms with van der Waals surface area (Å²) in [4.78, 5) is 8.03. The molecule has 2 nitrogen and oxygen atoms in total. The summed E-state index contributed by atoms with van der Waals surface area (Å²) in [5.74, 6) is 0.996. The van der Waals surface area contributed by atoms with E-state index in [1.54, 1.807) is 0 Å². The average Bonchev–Trinajstić information content (AvgIpc) is 2.75. The number of aromatic nitrogens is 2. The molecule has 0 bridgehead atoms. The lowest BCUT2D eigenvalue weighted by molar-refractivity contribution is 0.884. The van der Waals surface area contributed by atoms with Crippen LogP contribution in [0.1, 0.15) is 40.2 Å². The molecule has 0 amide bonds. The number of nitrogens with zero attached hydrogens (tertiary/aromatic N) is 1. The molecule has 1 aliphatic rings. The molecule has 0 saturated heterocycles. The van der Waals surface area contributed by atoms with Crippen molar-refractivity contribution in [2.24, 2.45) is 0 Å². The van der Waals surface area contributed by atoms with E-state index in [1.807, 2.05) is 0 Å². The number of rotatable bonds is 2. The van der Waals surface area contributed by atoms with Crippen molar-refractivity contribution in [1.82, 2.24) is 9.97 Å². The summed E-state index contributed by atoms with van der Waals surface area (Å²) in [7, 11) is 0. The first-order valence-electron chi connectivity index (χ1n) is 6.80. The largest absolute Gasteiger partial charge is 0.347 e. The maximum atomic E-state index is 5.40. The highest BCUT2D eigenvalue weighted by atomic mass is 32.1. The molecule has 0 saturated carbocycles. The molecule has 3 rings (SSSR count). The summed E-state index contributed by atoms with van der Waals surface area (Å²) in [5.41, 5.74) is 6.47. The Labute approximate surface area is 118 Å². The van der Waals surface area contributed by atoms with Gasteiger partial charge in [0.05, 0.1) is 0 Å². The molecule has 3 heteroatoms. The molecule has 98 valence electrons. The fourth-order valence-corrected chi connectivity index (χ4v) is 3.29. The van der Waals surface area contributed by atoms with Gasteiger partial charge < -0.3 is 4.98 Å². The Kier molecular flexibility index (Phi) is 3.23. The van der Waals surface area contributed by atoms with Crippen LogP contribution in [0.25, 0.3) is 0 Å². The number of aromatic amines is 1. The van der Waals surface area contributed by atoms with Gasteiger partial charge in [-0.15, -0.1) is 0 Å². The van der Waals surface area contributed by atoms with E-state index in [1.165, 1.54) is 34.4 Å². The number of hydrogen-bond acceptors (Lipinski definition) is 2. The van der Waals surface area contributed by atoms with E-state index in [-0.39, 0.29) is 0 Å². The molecule has 1 aliphatic carbocycles. The highest BCUT2D eigenvalue weighted by Crippen LogP contribution is 2.21. The molecule has 0 radical (unpaired) electrons. The molecule has 0 spiro atoms. The van der Waals surface area contributed by atoms with Crippen LogP contribution < -0.4 is 0 Å². The number of H-pyrrole nitrogens is 1. The summed E-state index contributed by atoms with van der Waals surface area (Å²) in [6.07, 6.45) is 4.23. The second-order valence-electron chi connectivity index (χ2n) is 5.47. The number of benzene rings is 1. The first-order valence-corrected chi connectivity index (χ1v) is 7.21. The van der Waals surface area contributed by atoms with Crippen molar-refractivity contribution >= 4 is 12.2 Å². The van der Waals surface area contributed by atoms with Crippen LogP contribution in [-0.2, 0) is 19.3 Å². The Hall–Kier alpha value is -1.48. The molecule has 1 N–H and O–H groups in total. The fraction of sp³-hybridized carbons (Fsp3) is 0.375. The van der Waals surface area contributed by atoms with Crippen molar-refractivity contribution in [1.29, 1.82) is 0 Å². The smallest absolute Gasteiger partial charge is 0.133 e. The summed E-state index contributed by atoms with van der Waals surface area (Å²) < 4.78 is 0.797. The standard InChI is InChI=1S/C16H18N2S/c1-10-6-11(2)8-12(7-10)9-15-17-14-5-3-4-13(14)16(19)18-15/h6-8H,3-5,9H2,1-2H3,(H,17,18,19). The van der Waals surface area contributed by atoms with E-state index in [0.717, 1.165) is 29.7 Å². The van der Waals surface area contributed by atoms with Crippen LogP contribution in [0.2, 0.25) is 0 Å². The quantitative estimate of drug-likeness (QED) is 0.840. The number of fused-ring (bicyclic) bond motifs is 1. The molecule has 2 aromatic rings. The zero-order valence-corrected chi connectivity index (χ0v) is 12.2. The van der Waals surface area contributed by atoms with Crippen LogP contribution >= 0.6 is 12.2 Å². The lowest BCUT2D eigenvalue weighted by atomic mass is 10.0. The predicted octanol–water partition coefficient (Wildman–Crippen LogP) is 3.84. The van der Waals surface area contributed by atoms with Gasteiger partial charge in [0.25, 0.3) is 0 Å². The van der Waals surface area contributed by atoms with E-state index in [9.17, 15) is 0 Å². The topological polar surface area (TPSA) is 28.7 Å². The van der Waals surface area contributed by atoms with Crippen molar-refractivity contribution in [3.05, 3.63) is 56.6 Å². The van der Waals surface area contributed by atoms with Gasteiger partial charge in [0, 0.05) is 17.7 Å². The third-order valence-corrected chi connectivity index (χ3v) is 4.00. The molecule has 0 aliphatic heterocycles. The van der Waals surface area contributed by atoms with Crippen LogP contribution in [0.4, 0.5) is 0 Å². The maximum absolute atomic E-state index is 5.40. The van der Waals surface area contributed by atoms with Crippen molar-refractivity contribution in [2.75, 3.05) is 0 Å². The minimum atomic E-state index is 0.797. The third kappa shape index (κ3) is 2.61. The second kappa shape index (κ2) is 4.89. The summed E-state index contributed by atoms with van der Waals surface area (Å²) in [5, 5.41) is 0. The van der Waals surface area contributed by atoms with Crippen LogP contribution in [0.3, 0.4) is 0 Å². The van der Waals surface area contributed by atoms with Crippen LogP contribution in [0, 0.1) is 18.5 Å². The van der Waals surface area contributed by atoms with Crippen LogP contribution in [0.5, 0.6) is 0 Å². The third-order valence-electron chi connectivity index (χ3n) is 3.66. The van der Waals surface area contributed by atoms with E-state index >= 15 is 0 Å². The zero-order chi connectivity index (χ0) is 13.4. The van der Waals surface area contributed by atoms with E-state index in [4.69, 9.17) is 12.2 Å². The van der Waals surface area contributed by atoms with Gasteiger partial charge in [0.2, 0.25) is 0 Å². The van der Waals surface area contributed by atoms with Gasteiger partial charge in [-0.1, -0.05) is 41.5 Å². The number of nitrogens with one attached hydrogen (secondary N) is 1. The molecule has 1 aromatic heterocycles. The monoisotopic (exact) mass is 270 g/mol. The van der Waals surface area contributed by atoms with Gasteiger partial charge >= 0.3 is 0 Å². The molecule has 0 atom stereocenters. The Morgan fingerprint density at radius 1 is 1.16 bits per heavy atom.